The minimum Gasteiger partial charge on any atom is -0.326 e. The largest absolute Gasteiger partial charge is 0.326 e. The highest BCUT2D eigenvalue weighted by molar-refractivity contribution is 7.97. The summed E-state index contributed by atoms with van der Waals surface area (Å²) in [6, 6.07) is 6.35. The number of thioether (sulfide) groups is 1. The third-order valence-electron chi connectivity index (χ3n) is 2.46. The van der Waals surface area contributed by atoms with Crippen molar-refractivity contribution < 1.29 is 0 Å². The van der Waals surface area contributed by atoms with Gasteiger partial charge in [-0.3, -0.25) is 0 Å². The van der Waals surface area contributed by atoms with Gasteiger partial charge < -0.3 is 10.3 Å². The molecular formula is C12H15N3S. The zero-order chi connectivity index (χ0) is 11.4. The van der Waals surface area contributed by atoms with E-state index in [2.05, 4.69) is 29.4 Å². The van der Waals surface area contributed by atoms with Crippen LogP contribution in [0.3, 0.4) is 0 Å². The Labute approximate surface area is 99.7 Å². The molecule has 1 aromatic carbocycles. The second-order valence-corrected chi connectivity index (χ2v) is 4.44. The van der Waals surface area contributed by atoms with E-state index in [9.17, 15) is 0 Å². The summed E-state index contributed by atoms with van der Waals surface area (Å²) in [7, 11) is 0. The van der Waals surface area contributed by atoms with E-state index in [0.29, 0.717) is 6.54 Å². The number of imidazole rings is 1. The third kappa shape index (κ3) is 2.28. The monoisotopic (exact) mass is 233 g/mol. The van der Waals surface area contributed by atoms with Crippen molar-refractivity contribution in [2.45, 2.75) is 12.3 Å². The van der Waals surface area contributed by atoms with Crippen LogP contribution in [0, 0.1) is 0 Å². The summed E-state index contributed by atoms with van der Waals surface area (Å²) >= 11 is 1.81. The molecule has 0 amide bonds. The summed E-state index contributed by atoms with van der Waals surface area (Å²) in [4.78, 5) is 4.07. The van der Waals surface area contributed by atoms with Gasteiger partial charge in [0.1, 0.15) is 0 Å². The van der Waals surface area contributed by atoms with Gasteiger partial charge in [-0.1, -0.05) is 12.1 Å². The third-order valence-corrected chi connectivity index (χ3v) is 3.06. The molecule has 0 aliphatic carbocycles. The van der Waals surface area contributed by atoms with Crippen molar-refractivity contribution in [1.82, 2.24) is 9.55 Å². The summed E-state index contributed by atoms with van der Waals surface area (Å²) in [5, 5.41) is 0. The lowest BCUT2D eigenvalue weighted by Gasteiger charge is -2.10. The van der Waals surface area contributed by atoms with E-state index < -0.39 is 0 Å². The minimum absolute atomic E-state index is 0.589. The quantitative estimate of drug-likeness (QED) is 0.880. The lowest BCUT2D eigenvalue weighted by Crippen LogP contribution is -2.01. The van der Waals surface area contributed by atoms with E-state index in [1.165, 1.54) is 16.8 Å². The van der Waals surface area contributed by atoms with Gasteiger partial charge in [-0.15, -0.1) is 0 Å². The average molecular weight is 233 g/mol. The number of hydrogen-bond donors (Lipinski definition) is 1. The summed E-state index contributed by atoms with van der Waals surface area (Å²) < 4.78 is 2.03. The number of rotatable bonds is 4. The molecule has 4 heteroatoms. The summed E-state index contributed by atoms with van der Waals surface area (Å²) in [5.41, 5.74) is 9.32. The molecule has 0 radical (unpaired) electrons. The van der Waals surface area contributed by atoms with Gasteiger partial charge in [0, 0.05) is 24.7 Å². The molecule has 2 rings (SSSR count). The van der Waals surface area contributed by atoms with Crippen molar-refractivity contribution in [3.63, 3.8) is 0 Å². The number of nitrogens with zero attached hydrogens (tertiary/aromatic N) is 2. The van der Waals surface area contributed by atoms with Crippen LogP contribution in [0.5, 0.6) is 0 Å². The topological polar surface area (TPSA) is 43.8 Å². The normalized spacial score (nSPS) is 10.6. The molecule has 0 aliphatic rings. The van der Waals surface area contributed by atoms with Crippen LogP contribution >= 0.6 is 11.8 Å². The van der Waals surface area contributed by atoms with Crippen LogP contribution in [0.2, 0.25) is 0 Å². The van der Waals surface area contributed by atoms with Gasteiger partial charge in [0.15, 0.2) is 0 Å². The van der Waals surface area contributed by atoms with E-state index in [1.807, 2.05) is 28.9 Å². The fourth-order valence-corrected chi connectivity index (χ4v) is 2.23. The molecule has 0 atom stereocenters. The van der Waals surface area contributed by atoms with E-state index in [-0.39, 0.29) is 0 Å². The van der Waals surface area contributed by atoms with Crippen molar-refractivity contribution in [2.24, 2.45) is 5.73 Å². The first-order valence-corrected chi connectivity index (χ1v) is 6.53. The highest BCUT2D eigenvalue weighted by atomic mass is 32.2. The van der Waals surface area contributed by atoms with Crippen LogP contribution in [0.4, 0.5) is 0 Å². The van der Waals surface area contributed by atoms with E-state index in [4.69, 9.17) is 5.73 Å². The Kier molecular flexibility index (Phi) is 3.64. The predicted molar refractivity (Wildman–Crippen MR) is 68.7 cm³/mol. The molecule has 0 fully saturated rings. The average Bonchev–Trinajstić information content (AvgIpc) is 2.83. The second kappa shape index (κ2) is 5.18. The lowest BCUT2D eigenvalue weighted by atomic mass is 10.1. The van der Waals surface area contributed by atoms with Gasteiger partial charge >= 0.3 is 0 Å². The van der Waals surface area contributed by atoms with E-state index in [1.54, 1.807) is 6.20 Å². The van der Waals surface area contributed by atoms with E-state index >= 15 is 0 Å². The smallest absolute Gasteiger partial charge is 0.0991 e. The molecule has 0 saturated carbocycles. The van der Waals surface area contributed by atoms with Crippen molar-refractivity contribution >= 4 is 11.8 Å². The molecule has 0 bridgehead atoms. The summed E-state index contributed by atoms with van der Waals surface area (Å²) in [5.74, 6) is 0.987. The van der Waals surface area contributed by atoms with Crippen LogP contribution in [0.1, 0.15) is 11.1 Å². The first-order chi connectivity index (χ1) is 7.85. The molecule has 1 heterocycles. The van der Waals surface area contributed by atoms with Crippen LogP contribution in [0.15, 0.2) is 36.9 Å². The SMILES string of the molecule is CSCc1cc(CN)ccc1-n1ccnc1. The molecule has 2 N–H and O–H groups in total. The first-order valence-electron chi connectivity index (χ1n) is 5.14. The number of benzene rings is 1. The zero-order valence-electron chi connectivity index (χ0n) is 9.26. The van der Waals surface area contributed by atoms with Gasteiger partial charge in [-0.25, -0.2) is 4.98 Å². The maximum Gasteiger partial charge on any atom is 0.0991 e. The summed E-state index contributed by atoms with van der Waals surface area (Å²) in [6.07, 6.45) is 7.68. The van der Waals surface area contributed by atoms with Crippen molar-refractivity contribution in [3.05, 3.63) is 48.0 Å². The predicted octanol–water partition coefficient (Wildman–Crippen LogP) is 2.19. The zero-order valence-corrected chi connectivity index (χ0v) is 10.1. The molecular weight excluding hydrogens is 218 g/mol. The molecule has 1 aromatic heterocycles. The Bertz CT molecular complexity index is 451. The van der Waals surface area contributed by atoms with Crippen LogP contribution < -0.4 is 5.73 Å². The van der Waals surface area contributed by atoms with Crippen molar-refractivity contribution in [3.8, 4) is 5.69 Å². The molecule has 2 aromatic rings. The Hall–Kier alpha value is -1.26. The van der Waals surface area contributed by atoms with Gasteiger partial charge in [0.05, 0.1) is 12.0 Å². The summed E-state index contributed by atoms with van der Waals surface area (Å²) in [6.45, 7) is 0.589. The van der Waals surface area contributed by atoms with Crippen LogP contribution in [-0.4, -0.2) is 15.8 Å². The number of nitrogens with two attached hydrogens (primary N) is 1. The highest BCUT2D eigenvalue weighted by Crippen LogP contribution is 2.20. The maximum atomic E-state index is 5.66. The van der Waals surface area contributed by atoms with Crippen LogP contribution in [0.25, 0.3) is 5.69 Å². The first kappa shape index (κ1) is 11.2. The number of hydrogen-bond acceptors (Lipinski definition) is 3. The van der Waals surface area contributed by atoms with Gasteiger partial charge in [0.2, 0.25) is 0 Å². The molecule has 84 valence electrons. The Morgan fingerprint density at radius 1 is 1.44 bits per heavy atom. The molecule has 0 unspecified atom stereocenters. The standard InChI is InChI=1S/C12H15N3S/c1-16-8-11-6-10(7-13)2-3-12(11)15-5-4-14-9-15/h2-6,9H,7-8,13H2,1H3. The minimum atomic E-state index is 0.589. The Morgan fingerprint density at radius 3 is 2.94 bits per heavy atom. The second-order valence-electron chi connectivity index (χ2n) is 3.57. The van der Waals surface area contributed by atoms with Gasteiger partial charge in [0.25, 0.3) is 0 Å². The Morgan fingerprint density at radius 2 is 2.31 bits per heavy atom. The maximum absolute atomic E-state index is 5.66. The molecule has 0 spiro atoms. The van der Waals surface area contributed by atoms with Crippen molar-refractivity contribution in [2.75, 3.05) is 6.26 Å². The fourth-order valence-electron chi connectivity index (χ4n) is 1.69. The van der Waals surface area contributed by atoms with Gasteiger partial charge in [-0.05, 0) is 23.4 Å². The number of aromatic nitrogens is 2. The molecule has 0 aliphatic heterocycles. The molecule has 0 saturated heterocycles. The molecule has 3 nitrogen and oxygen atoms in total. The lowest BCUT2D eigenvalue weighted by molar-refractivity contribution is 1.01. The fraction of sp³-hybridized carbons (Fsp3) is 0.250. The van der Waals surface area contributed by atoms with Gasteiger partial charge in [-0.2, -0.15) is 11.8 Å². The van der Waals surface area contributed by atoms with Crippen molar-refractivity contribution in [1.29, 1.82) is 0 Å². The van der Waals surface area contributed by atoms with E-state index in [0.717, 1.165) is 5.75 Å². The Balaban J connectivity index is 2.44. The highest BCUT2D eigenvalue weighted by Gasteiger charge is 2.04. The van der Waals surface area contributed by atoms with Crippen LogP contribution in [-0.2, 0) is 12.3 Å². The molecule has 16 heavy (non-hydrogen) atoms.